The van der Waals surface area contributed by atoms with Gasteiger partial charge in [-0.25, -0.2) is 5.48 Å². The minimum Gasteiger partial charge on any atom is -0.274 e. The molecule has 0 spiro atoms. The van der Waals surface area contributed by atoms with Gasteiger partial charge in [-0.1, -0.05) is 12.1 Å². The van der Waals surface area contributed by atoms with Gasteiger partial charge in [0.1, 0.15) is 5.56 Å². The van der Waals surface area contributed by atoms with Crippen molar-refractivity contribution < 1.29 is 14.6 Å². The monoisotopic (exact) mass is 224 g/mol. The lowest BCUT2D eigenvalue weighted by Crippen LogP contribution is -2.24. The fraction of sp³-hybridized carbons (Fsp3) is 0.300. The van der Waals surface area contributed by atoms with Crippen molar-refractivity contribution in [2.45, 2.75) is 13.8 Å². The average Bonchev–Trinajstić information content (AvgIpc) is 2.24. The van der Waals surface area contributed by atoms with Gasteiger partial charge in [0.05, 0.1) is 11.5 Å². The maximum absolute atomic E-state index is 11.5. The van der Waals surface area contributed by atoms with Crippen LogP contribution < -0.4 is 5.48 Å². The highest BCUT2D eigenvalue weighted by Crippen LogP contribution is 2.22. The van der Waals surface area contributed by atoms with E-state index in [1.165, 1.54) is 6.07 Å². The number of hydrogen-bond acceptors (Lipinski definition) is 4. The summed E-state index contributed by atoms with van der Waals surface area (Å²) in [5, 5.41) is 10.8. The van der Waals surface area contributed by atoms with Gasteiger partial charge in [0, 0.05) is 5.56 Å². The SMILES string of the molecule is CCONC(=O)c1cccc(C)c1[N+](=O)[O-]. The van der Waals surface area contributed by atoms with Crippen LogP contribution in [0.1, 0.15) is 22.8 Å². The van der Waals surface area contributed by atoms with E-state index in [4.69, 9.17) is 4.84 Å². The zero-order chi connectivity index (χ0) is 12.1. The second-order valence-corrected chi connectivity index (χ2v) is 3.09. The molecule has 0 aromatic heterocycles. The van der Waals surface area contributed by atoms with Crippen LogP contribution in [-0.2, 0) is 4.84 Å². The molecule has 0 aliphatic carbocycles. The molecule has 6 heteroatoms. The Kier molecular flexibility index (Phi) is 3.96. The van der Waals surface area contributed by atoms with E-state index >= 15 is 0 Å². The van der Waals surface area contributed by atoms with Crippen LogP contribution in [-0.4, -0.2) is 17.4 Å². The number of carbonyl (C=O) groups is 1. The van der Waals surface area contributed by atoms with E-state index in [1.54, 1.807) is 26.0 Å². The zero-order valence-corrected chi connectivity index (χ0v) is 9.02. The van der Waals surface area contributed by atoms with E-state index in [9.17, 15) is 14.9 Å². The summed E-state index contributed by atoms with van der Waals surface area (Å²) in [7, 11) is 0. The fourth-order valence-corrected chi connectivity index (χ4v) is 1.28. The van der Waals surface area contributed by atoms with Crippen LogP contribution in [0.15, 0.2) is 18.2 Å². The number of nitrogens with one attached hydrogen (secondary N) is 1. The van der Waals surface area contributed by atoms with Crippen LogP contribution in [0.3, 0.4) is 0 Å². The fourth-order valence-electron chi connectivity index (χ4n) is 1.28. The lowest BCUT2D eigenvalue weighted by Gasteiger charge is -2.05. The number of amides is 1. The van der Waals surface area contributed by atoms with Crippen LogP contribution >= 0.6 is 0 Å². The number of nitro groups is 1. The summed E-state index contributed by atoms with van der Waals surface area (Å²) >= 11 is 0. The number of nitro benzene ring substituents is 1. The Hall–Kier alpha value is -1.95. The molecule has 0 radical (unpaired) electrons. The molecule has 1 aromatic rings. The quantitative estimate of drug-likeness (QED) is 0.621. The molecule has 1 N–H and O–H groups in total. The first-order chi connectivity index (χ1) is 7.57. The second kappa shape index (κ2) is 5.22. The molecule has 0 atom stereocenters. The Bertz CT molecular complexity index is 417. The molecule has 1 rings (SSSR count). The van der Waals surface area contributed by atoms with Gasteiger partial charge in [-0.05, 0) is 19.9 Å². The molecule has 0 aliphatic rings. The summed E-state index contributed by atoms with van der Waals surface area (Å²) in [6.45, 7) is 3.58. The molecular formula is C10H12N2O4. The first-order valence-corrected chi connectivity index (χ1v) is 4.74. The third kappa shape index (κ3) is 2.54. The molecule has 0 saturated carbocycles. The largest absolute Gasteiger partial charge is 0.285 e. The Labute approximate surface area is 92.3 Å². The van der Waals surface area contributed by atoms with Crippen LogP contribution in [0.5, 0.6) is 0 Å². The molecule has 0 fully saturated rings. The van der Waals surface area contributed by atoms with Gasteiger partial charge >= 0.3 is 0 Å². The summed E-state index contributed by atoms with van der Waals surface area (Å²) in [5.41, 5.74) is 2.37. The van der Waals surface area contributed by atoms with Crippen molar-refractivity contribution in [2.24, 2.45) is 0 Å². The van der Waals surface area contributed by atoms with Crippen molar-refractivity contribution in [3.63, 3.8) is 0 Å². The van der Waals surface area contributed by atoms with Crippen molar-refractivity contribution in [1.29, 1.82) is 0 Å². The minimum atomic E-state index is -0.614. The zero-order valence-electron chi connectivity index (χ0n) is 9.02. The van der Waals surface area contributed by atoms with Crippen LogP contribution in [0.25, 0.3) is 0 Å². The van der Waals surface area contributed by atoms with E-state index in [-0.39, 0.29) is 11.3 Å². The van der Waals surface area contributed by atoms with Crippen LogP contribution in [0, 0.1) is 17.0 Å². The topological polar surface area (TPSA) is 81.5 Å². The van der Waals surface area contributed by atoms with Gasteiger partial charge < -0.3 is 0 Å². The summed E-state index contributed by atoms with van der Waals surface area (Å²) in [6, 6.07) is 4.55. The predicted octanol–water partition coefficient (Wildman–Crippen LogP) is 1.58. The van der Waals surface area contributed by atoms with Gasteiger partial charge in [-0.2, -0.15) is 0 Å². The van der Waals surface area contributed by atoms with E-state index < -0.39 is 10.8 Å². The standard InChI is InChI=1S/C10H12N2O4/c1-3-16-11-10(13)8-6-4-5-7(2)9(8)12(14)15/h4-6H,3H2,1-2H3,(H,11,13). The van der Waals surface area contributed by atoms with Crippen LogP contribution in [0.4, 0.5) is 5.69 Å². The van der Waals surface area contributed by atoms with Gasteiger partial charge in [-0.3, -0.25) is 19.7 Å². The van der Waals surface area contributed by atoms with E-state index in [2.05, 4.69) is 5.48 Å². The molecule has 0 heterocycles. The Morgan fingerprint density at radius 2 is 2.25 bits per heavy atom. The summed E-state index contributed by atoms with van der Waals surface area (Å²) < 4.78 is 0. The van der Waals surface area contributed by atoms with E-state index in [0.717, 1.165) is 0 Å². The van der Waals surface area contributed by atoms with Crippen LogP contribution in [0.2, 0.25) is 0 Å². The normalized spacial score (nSPS) is 9.88. The van der Waals surface area contributed by atoms with E-state index in [1.807, 2.05) is 0 Å². The molecular weight excluding hydrogens is 212 g/mol. The summed E-state index contributed by atoms with van der Waals surface area (Å²) in [4.78, 5) is 26.5. The van der Waals surface area contributed by atoms with Gasteiger partial charge in [0.2, 0.25) is 0 Å². The number of hydroxylamine groups is 1. The molecule has 6 nitrogen and oxygen atoms in total. The lowest BCUT2D eigenvalue weighted by molar-refractivity contribution is -0.385. The molecule has 86 valence electrons. The molecule has 0 aliphatic heterocycles. The maximum atomic E-state index is 11.5. The number of hydrogen-bond donors (Lipinski definition) is 1. The second-order valence-electron chi connectivity index (χ2n) is 3.09. The van der Waals surface area contributed by atoms with Crippen molar-refractivity contribution in [1.82, 2.24) is 5.48 Å². The Balaban J connectivity index is 3.08. The van der Waals surface area contributed by atoms with Gasteiger partial charge in [0.15, 0.2) is 0 Å². The summed E-state index contributed by atoms with van der Waals surface area (Å²) in [5.74, 6) is -0.614. The van der Waals surface area contributed by atoms with Crippen molar-refractivity contribution in [3.05, 3.63) is 39.4 Å². The Morgan fingerprint density at radius 3 is 2.81 bits per heavy atom. The number of aryl methyl sites for hydroxylation is 1. The van der Waals surface area contributed by atoms with E-state index in [0.29, 0.717) is 12.2 Å². The highest BCUT2D eigenvalue weighted by atomic mass is 16.7. The molecule has 0 unspecified atom stereocenters. The van der Waals surface area contributed by atoms with Crippen molar-refractivity contribution in [2.75, 3.05) is 6.61 Å². The predicted molar refractivity (Wildman–Crippen MR) is 56.9 cm³/mol. The number of carbonyl (C=O) groups excluding carboxylic acids is 1. The maximum Gasteiger partial charge on any atom is 0.285 e. The molecule has 16 heavy (non-hydrogen) atoms. The molecule has 0 saturated heterocycles. The van der Waals surface area contributed by atoms with Gasteiger partial charge in [-0.15, -0.1) is 0 Å². The molecule has 1 amide bonds. The highest BCUT2D eigenvalue weighted by molar-refractivity contribution is 5.98. The molecule has 0 bridgehead atoms. The average molecular weight is 224 g/mol. The highest BCUT2D eigenvalue weighted by Gasteiger charge is 2.22. The van der Waals surface area contributed by atoms with Gasteiger partial charge in [0.25, 0.3) is 11.6 Å². The van der Waals surface area contributed by atoms with Crippen molar-refractivity contribution >= 4 is 11.6 Å². The number of para-hydroxylation sites is 1. The number of rotatable bonds is 4. The number of nitrogens with zero attached hydrogens (tertiary/aromatic N) is 1. The third-order valence-electron chi connectivity index (χ3n) is 1.97. The lowest BCUT2D eigenvalue weighted by atomic mass is 10.1. The first kappa shape index (κ1) is 12.1. The summed E-state index contributed by atoms with van der Waals surface area (Å²) in [6.07, 6.45) is 0. The third-order valence-corrected chi connectivity index (χ3v) is 1.97. The van der Waals surface area contributed by atoms with Crippen molar-refractivity contribution in [3.8, 4) is 0 Å². The smallest absolute Gasteiger partial charge is 0.274 e. The Morgan fingerprint density at radius 1 is 1.56 bits per heavy atom. The minimum absolute atomic E-state index is 0.00144. The number of benzene rings is 1. The molecule has 1 aromatic carbocycles. The first-order valence-electron chi connectivity index (χ1n) is 4.74.